The molecule has 1 aromatic carbocycles. The molecule has 0 aliphatic heterocycles. The molecule has 1 aromatic rings. The van der Waals surface area contributed by atoms with E-state index >= 15 is 0 Å². The minimum atomic E-state index is -1.14. The molecule has 4 N–H and O–H groups in total. The average molecular weight is 234 g/mol. The van der Waals surface area contributed by atoms with Crippen LogP contribution in [0.15, 0.2) is 18.2 Å². The van der Waals surface area contributed by atoms with E-state index in [1.54, 1.807) is 0 Å². The van der Waals surface area contributed by atoms with E-state index in [0.717, 1.165) is 0 Å². The lowest BCUT2D eigenvalue weighted by Gasteiger charge is -2.00. The molecule has 1 rings (SSSR count). The molecule has 0 spiro atoms. The molecule has 0 saturated heterocycles. The number of aromatic hydroxyl groups is 1. The Morgan fingerprint density at radius 2 is 2.00 bits per heavy atom. The van der Waals surface area contributed by atoms with E-state index in [1.165, 1.54) is 18.2 Å². The first-order valence-corrected chi connectivity index (χ1v) is 2.93. The molecule has 0 radical (unpaired) electrons. The van der Waals surface area contributed by atoms with Gasteiger partial charge < -0.3 is 15.9 Å². The minimum absolute atomic E-state index is 0. The van der Waals surface area contributed by atoms with Crippen molar-refractivity contribution in [2.24, 2.45) is 0 Å². The van der Waals surface area contributed by atoms with Gasteiger partial charge in [0.1, 0.15) is 5.75 Å². The van der Waals surface area contributed by atoms with Gasteiger partial charge in [-0.2, -0.15) is 0 Å². The molecule has 0 aromatic heterocycles. The molecule has 0 aliphatic carbocycles. The number of anilines is 1. The van der Waals surface area contributed by atoms with Crippen molar-refractivity contribution < 1.29 is 15.0 Å². The number of phenols is 1. The summed E-state index contributed by atoms with van der Waals surface area (Å²) in [5.41, 5.74) is 5.08. The Balaban J connectivity index is 0.00000121. The molecule has 5 heteroatoms. The molecule has 0 atom stereocenters. The number of carbonyl (C=O) groups is 1. The Morgan fingerprint density at radius 1 is 1.42 bits per heavy atom. The van der Waals surface area contributed by atoms with E-state index < -0.39 is 5.97 Å². The van der Waals surface area contributed by atoms with Crippen molar-refractivity contribution in [3.63, 3.8) is 0 Å². The molecule has 0 unspecified atom stereocenters. The van der Waals surface area contributed by atoms with Crippen LogP contribution in [0.1, 0.15) is 10.4 Å². The molecule has 0 amide bonds. The minimum Gasteiger partial charge on any atom is -0.506 e. The van der Waals surface area contributed by atoms with Gasteiger partial charge in [-0.25, -0.2) is 4.79 Å². The van der Waals surface area contributed by atoms with Crippen LogP contribution in [-0.4, -0.2) is 16.2 Å². The summed E-state index contributed by atoms with van der Waals surface area (Å²) in [5.74, 6) is -1.34. The Labute approximate surface area is 79.4 Å². The number of aromatic carboxylic acids is 1. The normalized spacial score (nSPS) is 8.67. The molecule has 66 valence electrons. The summed E-state index contributed by atoms with van der Waals surface area (Å²) in [6, 6.07) is 4.09. The second-order valence-corrected chi connectivity index (χ2v) is 2.04. The lowest BCUT2D eigenvalue weighted by Crippen LogP contribution is -2.01. The average Bonchev–Trinajstić information content (AvgIpc) is 1.94. The van der Waals surface area contributed by atoms with Gasteiger partial charge in [-0.1, -0.05) is 6.07 Å². The highest BCUT2D eigenvalue weighted by atomic mass is 79.9. The van der Waals surface area contributed by atoms with Gasteiger partial charge in [-0.15, -0.1) is 17.0 Å². The highest BCUT2D eigenvalue weighted by Gasteiger charge is 2.09. The molecule has 0 aliphatic rings. The fraction of sp³-hybridized carbons (Fsp3) is 0. The van der Waals surface area contributed by atoms with Gasteiger partial charge in [-0.05, 0) is 12.1 Å². The number of phenolic OH excluding ortho intramolecular Hbond substituents is 1. The van der Waals surface area contributed by atoms with Crippen LogP contribution in [0, 0.1) is 0 Å². The molecule has 0 fully saturated rings. The summed E-state index contributed by atoms with van der Waals surface area (Å²) in [7, 11) is 0. The number of benzene rings is 1. The number of rotatable bonds is 1. The molecular weight excluding hydrogens is 226 g/mol. The maximum Gasteiger partial charge on any atom is 0.337 e. The number of halogens is 1. The molecule has 4 nitrogen and oxygen atoms in total. The van der Waals surface area contributed by atoms with Crippen molar-refractivity contribution in [2.75, 3.05) is 5.73 Å². The van der Waals surface area contributed by atoms with Crippen molar-refractivity contribution in [2.45, 2.75) is 0 Å². The zero-order chi connectivity index (χ0) is 8.43. The van der Waals surface area contributed by atoms with E-state index in [-0.39, 0.29) is 34.0 Å². The number of carboxylic acids is 1. The molecule has 12 heavy (non-hydrogen) atoms. The summed E-state index contributed by atoms with van der Waals surface area (Å²) in [4.78, 5) is 10.4. The van der Waals surface area contributed by atoms with Gasteiger partial charge in [0, 0.05) is 0 Å². The Bertz CT molecular complexity index is 301. The SMILES string of the molecule is Br.Nc1c(O)cccc1C(=O)O. The first kappa shape index (κ1) is 10.8. The lowest BCUT2D eigenvalue weighted by molar-refractivity contribution is 0.0697. The Morgan fingerprint density at radius 3 is 2.42 bits per heavy atom. The number of nitrogen functional groups attached to an aromatic ring is 1. The molecule has 0 saturated carbocycles. The van der Waals surface area contributed by atoms with Gasteiger partial charge in [0.05, 0.1) is 11.3 Å². The summed E-state index contributed by atoms with van der Waals surface area (Å²) in [6.45, 7) is 0. The largest absolute Gasteiger partial charge is 0.506 e. The van der Waals surface area contributed by atoms with Crippen LogP contribution in [0.4, 0.5) is 5.69 Å². The summed E-state index contributed by atoms with van der Waals surface area (Å²) < 4.78 is 0. The predicted molar refractivity (Wildman–Crippen MR) is 49.8 cm³/mol. The van der Waals surface area contributed by atoms with Crippen LogP contribution >= 0.6 is 17.0 Å². The van der Waals surface area contributed by atoms with Crippen molar-refractivity contribution >= 4 is 28.6 Å². The quantitative estimate of drug-likeness (QED) is 0.504. The topological polar surface area (TPSA) is 83.5 Å². The second kappa shape index (κ2) is 3.96. The summed E-state index contributed by atoms with van der Waals surface area (Å²) >= 11 is 0. The zero-order valence-electron chi connectivity index (χ0n) is 6.02. The number of hydrogen-bond donors (Lipinski definition) is 3. The third-order valence-corrected chi connectivity index (χ3v) is 1.31. The predicted octanol–water partition coefficient (Wildman–Crippen LogP) is 1.25. The van der Waals surface area contributed by atoms with Gasteiger partial charge in [0.2, 0.25) is 0 Å². The smallest absolute Gasteiger partial charge is 0.337 e. The van der Waals surface area contributed by atoms with Gasteiger partial charge in [0.25, 0.3) is 0 Å². The van der Waals surface area contributed by atoms with E-state index in [1.807, 2.05) is 0 Å². The van der Waals surface area contributed by atoms with Gasteiger partial charge in [-0.3, -0.25) is 0 Å². The summed E-state index contributed by atoms with van der Waals surface area (Å²) in [5, 5.41) is 17.5. The van der Waals surface area contributed by atoms with Gasteiger partial charge in [0.15, 0.2) is 0 Å². The van der Waals surface area contributed by atoms with E-state index in [0.29, 0.717) is 0 Å². The fourth-order valence-corrected chi connectivity index (χ4v) is 0.740. The molecular formula is C7H8BrNO3. The Hall–Kier alpha value is -1.23. The van der Waals surface area contributed by atoms with Crippen molar-refractivity contribution in [1.82, 2.24) is 0 Å². The van der Waals surface area contributed by atoms with Crippen molar-refractivity contribution in [3.8, 4) is 5.75 Å². The van der Waals surface area contributed by atoms with Crippen molar-refractivity contribution in [1.29, 1.82) is 0 Å². The number of nitrogens with two attached hydrogens (primary N) is 1. The van der Waals surface area contributed by atoms with Crippen LogP contribution in [0.25, 0.3) is 0 Å². The van der Waals surface area contributed by atoms with Crippen LogP contribution in [0.5, 0.6) is 5.75 Å². The monoisotopic (exact) mass is 233 g/mol. The second-order valence-electron chi connectivity index (χ2n) is 2.04. The number of para-hydroxylation sites is 1. The van der Waals surface area contributed by atoms with E-state index in [4.69, 9.17) is 15.9 Å². The van der Waals surface area contributed by atoms with Gasteiger partial charge >= 0.3 is 5.97 Å². The first-order chi connectivity index (χ1) is 5.13. The highest BCUT2D eigenvalue weighted by Crippen LogP contribution is 2.22. The number of carboxylic acid groups (broad SMARTS) is 1. The Kier molecular flexibility index (Phi) is 3.56. The first-order valence-electron chi connectivity index (χ1n) is 2.93. The highest BCUT2D eigenvalue weighted by molar-refractivity contribution is 8.93. The lowest BCUT2D eigenvalue weighted by atomic mass is 10.2. The third-order valence-electron chi connectivity index (χ3n) is 1.31. The number of hydrogen-bond acceptors (Lipinski definition) is 3. The standard InChI is InChI=1S/C7H7NO3.BrH/c8-6-4(7(10)11)2-1-3-5(6)9;/h1-3,9H,8H2,(H,10,11);1H. The molecule has 0 bridgehead atoms. The van der Waals surface area contributed by atoms with Crippen molar-refractivity contribution in [3.05, 3.63) is 23.8 Å². The van der Waals surface area contributed by atoms with Crippen LogP contribution in [0.3, 0.4) is 0 Å². The molecule has 0 heterocycles. The van der Waals surface area contributed by atoms with E-state index in [9.17, 15) is 4.79 Å². The maximum atomic E-state index is 10.4. The van der Waals surface area contributed by atoms with Crippen LogP contribution in [-0.2, 0) is 0 Å². The summed E-state index contributed by atoms with van der Waals surface area (Å²) in [6.07, 6.45) is 0. The van der Waals surface area contributed by atoms with E-state index in [2.05, 4.69) is 0 Å². The maximum absolute atomic E-state index is 10.4. The van der Waals surface area contributed by atoms with Crippen LogP contribution < -0.4 is 5.73 Å². The third kappa shape index (κ3) is 1.88. The fourth-order valence-electron chi connectivity index (χ4n) is 0.740. The zero-order valence-corrected chi connectivity index (χ0v) is 7.73. The van der Waals surface area contributed by atoms with Crippen LogP contribution in [0.2, 0.25) is 0 Å².